The van der Waals surface area contributed by atoms with Crippen molar-refractivity contribution in [2.24, 2.45) is 10.7 Å². The summed E-state index contributed by atoms with van der Waals surface area (Å²) in [5.74, 6) is -0.0584. The summed E-state index contributed by atoms with van der Waals surface area (Å²) in [5.41, 5.74) is 6.48. The Morgan fingerprint density at radius 1 is 1.30 bits per heavy atom. The van der Waals surface area contributed by atoms with Gasteiger partial charge in [0, 0.05) is 12.1 Å². The van der Waals surface area contributed by atoms with Crippen molar-refractivity contribution in [3.05, 3.63) is 64.2 Å². The number of carbonyl (C=O) groups is 1. The summed E-state index contributed by atoms with van der Waals surface area (Å²) in [6, 6.07) is 13.4. The van der Waals surface area contributed by atoms with Crippen LogP contribution in [0.3, 0.4) is 0 Å². The van der Waals surface area contributed by atoms with Crippen molar-refractivity contribution in [3.63, 3.8) is 0 Å². The zero-order valence-corrected chi connectivity index (χ0v) is 16.7. The van der Waals surface area contributed by atoms with Crippen LogP contribution in [-0.2, 0) is 11.2 Å². The molecule has 2 heterocycles. The predicted octanol–water partition coefficient (Wildman–Crippen LogP) is 0.971. The van der Waals surface area contributed by atoms with Crippen molar-refractivity contribution in [3.8, 4) is 5.75 Å². The molecule has 5 N–H and O–H groups in total. The Kier molecular flexibility index (Phi) is 5.55. The van der Waals surface area contributed by atoms with E-state index < -0.39 is 11.5 Å². The molecular weight excluding hydrogens is 380 g/mol. The summed E-state index contributed by atoms with van der Waals surface area (Å²) in [6.45, 7) is 1.87. The molecule has 156 valence electrons. The molecular formula is C23H26N4O3. The average Bonchev–Trinajstić information content (AvgIpc) is 3.33. The highest BCUT2D eigenvalue weighted by Gasteiger charge is 2.32. The summed E-state index contributed by atoms with van der Waals surface area (Å²) in [5, 5.41) is 21.9. The van der Waals surface area contributed by atoms with Gasteiger partial charge in [-0.05, 0) is 60.9 Å². The normalized spacial score (nSPS) is 22.1. The molecule has 30 heavy (non-hydrogen) atoms. The van der Waals surface area contributed by atoms with Gasteiger partial charge in [-0.3, -0.25) is 15.2 Å². The lowest BCUT2D eigenvalue weighted by atomic mass is 9.88. The molecule has 7 nitrogen and oxygen atoms in total. The highest BCUT2D eigenvalue weighted by Crippen LogP contribution is 2.27. The molecule has 2 aliphatic heterocycles. The number of nitrogens with zero attached hydrogens (tertiary/aromatic N) is 1. The molecule has 1 saturated heterocycles. The van der Waals surface area contributed by atoms with Gasteiger partial charge in [-0.2, -0.15) is 0 Å². The second kappa shape index (κ2) is 8.28. The van der Waals surface area contributed by atoms with Crippen LogP contribution in [-0.4, -0.2) is 41.6 Å². The number of carboxylic acid groups (broad SMARTS) is 1. The van der Waals surface area contributed by atoms with E-state index in [1.165, 1.54) is 0 Å². The van der Waals surface area contributed by atoms with Gasteiger partial charge >= 0.3 is 5.97 Å². The molecule has 2 aromatic carbocycles. The molecule has 0 aliphatic carbocycles. The van der Waals surface area contributed by atoms with Crippen molar-refractivity contribution >= 4 is 17.9 Å². The average molecular weight is 406 g/mol. The standard InChI is InChI=1S/C23H26N4O3/c24-22(25)16-3-4-17-12-23(13-21(28)29,27-20(17)11-16)9-7-15-1-5-18(6-2-15)30-19-8-10-26-14-19/h1-6,11-12,19,26H,7-10,13-14H2,(H3,24,25)(H,28,29)/t19-,23?/m0/s1. The number of ether oxygens (including phenoxy) is 1. The summed E-state index contributed by atoms with van der Waals surface area (Å²) in [4.78, 5) is 16.3. The van der Waals surface area contributed by atoms with E-state index in [0.717, 1.165) is 36.0 Å². The minimum atomic E-state index is -0.886. The first-order chi connectivity index (χ1) is 14.4. The third-order valence-electron chi connectivity index (χ3n) is 5.65. The zero-order valence-electron chi connectivity index (χ0n) is 16.7. The highest BCUT2D eigenvalue weighted by atomic mass is 16.5. The second-order valence-electron chi connectivity index (χ2n) is 7.99. The number of hydrogen-bond donors (Lipinski definition) is 4. The van der Waals surface area contributed by atoms with E-state index in [4.69, 9.17) is 20.9 Å². The van der Waals surface area contributed by atoms with Gasteiger partial charge in [0.1, 0.15) is 17.7 Å². The van der Waals surface area contributed by atoms with E-state index in [9.17, 15) is 9.90 Å². The molecule has 2 aromatic rings. The number of benzene rings is 2. The fourth-order valence-electron chi connectivity index (χ4n) is 4.08. The molecule has 7 heteroatoms. The Morgan fingerprint density at radius 3 is 2.77 bits per heavy atom. The maximum atomic E-state index is 11.6. The minimum absolute atomic E-state index is 0.0283. The number of amidine groups is 1. The smallest absolute Gasteiger partial charge is 0.306 e. The van der Waals surface area contributed by atoms with Crippen molar-refractivity contribution in [1.82, 2.24) is 5.32 Å². The van der Waals surface area contributed by atoms with Gasteiger partial charge in [0.2, 0.25) is 0 Å². The van der Waals surface area contributed by atoms with E-state index in [1.807, 2.05) is 36.4 Å². The van der Waals surface area contributed by atoms with Crippen LogP contribution in [0, 0.1) is 5.41 Å². The van der Waals surface area contributed by atoms with E-state index in [1.54, 1.807) is 12.1 Å². The van der Waals surface area contributed by atoms with Gasteiger partial charge in [0.25, 0.3) is 0 Å². The lowest BCUT2D eigenvalue weighted by Gasteiger charge is -2.22. The number of nitrogens with two attached hydrogens (primary N) is 1. The van der Waals surface area contributed by atoms with Crippen LogP contribution >= 0.6 is 0 Å². The second-order valence-corrected chi connectivity index (χ2v) is 7.99. The first kappa shape index (κ1) is 20.1. The monoisotopic (exact) mass is 406 g/mol. The van der Waals surface area contributed by atoms with Gasteiger partial charge in [-0.1, -0.05) is 24.3 Å². The lowest BCUT2D eigenvalue weighted by molar-refractivity contribution is -0.137. The van der Waals surface area contributed by atoms with Crippen LogP contribution in [0.15, 0.2) is 47.5 Å². The quantitative estimate of drug-likeness (QED) is 0.385. The number of hydrogen-bond acceptors (Lipinski definition) is 5. The van der Waals surface area contributed by atoms with Crippen LogP contribution in [0.2, 0.25) is 0 Å². The van der Waals surface area contributed by atoms with Gasteiger partial charge in [-0.15, -0.1) is 0 Å². The van der Waals surface area contributed by atoms with Gasteiger partial charge in [0.15, 0.2) is 0 Å². The maximum Gasteiger partial charge on any atom is 0.306 e. The van der Waals surface area contributed by atoms with Gasteiger partial charge < -0.3 is 20.9 Å². The summed E-state index contributed by atoms with van der Waals surface area (Å²) >= 11 is 0. The van der Waals surface area contributed by atoms with E-state index in [0.29, 0.717) is 23.8 Å². The predicted molar refractivity (Wildman–Crippen MR) is 114 cm³/mol. The highest BCUT2D eigenvalue weighted by molar-refractivity contribution is 5.94. The van der Waals surface area contributed by atoms with Crippen LogP contribution in [0.25, 0.3) is 6.08 Å². The number of carboxylic acids is 1. The van der Waals surface area contributed by atoms with E-state index >= 15 is 0 Å². The number of nitrogen functional groups attached to an aromatic ring is 1. The number of fused-ring (bicyclic) bond motifs is 1. The van der Waals surface area contributed by atoms with Crippen molar-refractivity contribution in [1.29, 1.82) is 5.41 Å². The number of aryl methyl sites for hydroxylation is 1. The molecule has 0 bridgehead atoms. The molecule has 2 aliphatic rings. The van der Waals surface area contributed by atoms with Crippen molar-refractivity contribution in [2.45, 2.75) is 37.3 Å². The Morgan fingerprint density at radius 2 is 2.10 bits per heavy atom. The maximum absolute atomic E-state index is 11.6. The number of nitrogens with one attached hydrogen (secondary N) is 2. The topological polar surface area (TPSA) is 121 Å². The molecule has 2 atom stereocenters. The molecule has 0 radical (unpaired) electrons. The first-order valence-electron chi connectivity index (χ1n) is 10.2. The minimum Gasteiger partial charge on any atom is -0.489 e. The zero-order chi connectivity index (χ0) is 21.1. The Hall–Kier alpha value is -3.19. The third kappa shape index (κ3) is 4.52. The van der Waals surface area contributed by atoms with Crippen LogP contribution in [0.5, 0.6) is 5.75 Å². The summed E-state index contributed by atoms with van der Waals surface area (Å²) in [6.07, 6.45) is 4.38. The molecule has 0 saturated carbocycles. The van der Waals surface area contributed by atoms with Crippen LogP contribution in [0.4, 0.5) is 0 Å². The fraction of sp³-hybridized carbons (Fsp3) is 0.348. The SMILES string of the molecule is N=C(N)c1ccc2c(c1)=NC(CCc1ccc(O[C@H]3CCNC3)cc1)(CC(=O)O)C=2. The summed E-state index contributed by atoms with van der Waals surface area (Å²) in [7, 11) is 0. The molecule has 0 aromatic heterocycles. The molecule has 0 amide bonds. The van der Waals surface area contributed by atoms with Crippen LogP contribution < -0.4 is 26.4 Å². The number of rotatable bonds is 8. The number of aliphatic carboxylic acids is 1. The van der Waals surface area contributed by atoms with E-state index in [-0.39, 0.29) is 18.4 Å². The third-order valence-corrected chi connectivity index (χ3v) is 5.65. The van der Waals surface area contributed by atoms with Crippen molar-refractivity contribution in [2.75, 3.05) is 13.1 Å². The first-order valence-corrected chi connectivity index (χ1v) is 10.2. The van der Waals surface area contributed by atoms with Gasteiger partial charge in [0.05, 0.1) is 17.3 Å². The molecule has 1 fully saturated rings. The lowest BCUT2D eigenvalue weighted by Crippen LogP contribution is -2.27. The molecule has 0 spiro atoms. The Labute approximate surface area is 174 Å². The Bertz CT molecular complexity index is 1070. The largest absolute Gasteiger partial charge is 0.489 e. The summed E-state index contributed by atoms with van der Waals surface area (Å²) < 4.78 is 5.96. The van der Waals surface area contributed by atoms with E-state index in [2.05, 4.69) is 5.32 Å². The molecule has 1 unspecified atom stereocenters. The van der Waals surface area contributed by atoms with Crippen LogP contribution in [0.1, 0.15) is 30.4 Å². The molecule has 4 rings (SSSR count). The fourth-order valence-corrected chi connectivity index (χ4v) is 4.08. The van der Waals surface area contributed by atoms with Gasteiger partial charge in [-0.25, -0.2) is 0 Å². The Balaban J connectivity index is 1.50. The van der Waals surface area contributed by atoms with Crippen molar-refractivity contribution < 1.29 is 14.6 Å².